The first kappa shape index (κ1) is 19.6. The minimum absolute atomic E-state index is 0.123. The van der Waals surface area contributed by atoms with E-state index in [1.165, 1.54) is 24.3 Å². The highest BCUT2D eigenvalue weighted by Gasteiger charge is 2.33. The Morgan fingerprint density at radius 3 is 2.46 bits per heavy atom. The number of nitrogens with zero attached hydrogens (tertiary/aromatic N) is 3. The lowest BCUT2D eigenvalue weighted by Gasteiger charge is -2.16. The minimum atomic E-state index is -4.51. The predicted octanol–water partition coefficient (Wildman–Crippen LogP) is 4.09. The molecular weight excluding hydrogens is 371 g/mol. The van der Waals surface area contributed by atoms with E-state index in [1.807, 2.05) is 0 Å². The number of hydrogen-bond donors (Lipinski definition) is 3. The Hall–Kier alpha value is -3.20. The molecule has 0 aliphatic carbocycles. The highest BCUT2D eigenvalue weighted by atomic mass is 19.4. The molecule has 0 unspecified atom stereocenters. The van der Waals surface area contributed by atoms with Crippen LogP contribution in [0.5, 0.6) is 0 Å². The van der Waals surface area contributed by atoms with Gasteiger partial charge in [-0.1, -0.05) is 18.2 Å². The molecule has 0 amide bonds. The molecule has 1 atom stereocenters. The van der Waals surface area contributed by atoms with Crippen LogP contribution in [0.3, 0.4) is 0 Å². The summed E-state index contributed by atoms with van der Waals surface area (Å²) < 4.78 is 39.8. The zero-order valence-electron chi connectivity index (χ0n) is 14.9. The Morgan fingerprint density at radius 1 is 1.04 bits per heavy atom. The average Bonchev–Trinajstić information content (AvgIpc) is 2.68. The van der Waals surface area contributed by atoms with E-state index in [4.69, 9.17) is 0 Å². The topological polar surface area (TPSA) is 83.0 Å². The van der Waals surface area contributed by atoms with Crippen molar-refractivity contribution in [2.75, 3.05) is 17.2 Å². The average molecular weight is 389 g/mol. The maximum absolute atomic E-state index is 13.3. The monoisotopic (exact) mass is 389 g/mol. The predicted molar refractivity (Wildman–Crippen MR) is 100 cm³/mol. The lowest BCUT2D eigenvalue weighted by molar-refractivity contribution is -0.136. The maximum Gasteiger partial charge on any atom is 0.418 e. The van der Waals surface area contributed by atoms with Crippen LogP contribution in [0.4, 0.5) is 30.6 Å². The van der Waals surface area contributed by atoms with E-state index in [1.54, 1.807) is 31.3 Å². The molecule has 0 saturated carbocycles. The van der Waals surface area contributed by atoms with Crippen molar-refractivity contribution in [1.29, 1.82) is 0 Å². The highest BCUT2D eigenvalue weighted by molar-refractivity contribution is 5.67. The van der Waals surface area contributed by atoms with E-state index in [9.17, 15) is 18.3 Å². The Kier molecular flexibility index (Phi) is 5.74. The molecule has 0 radical (unpaired) electrons. The second-order valence-corrected chi connectivity index (χ2v) is 6.07. The number of benzene rings is 1. The summed E-state index contributed by atoms with van der Waals surface area (Å²) in [6, 6.07) is 11.6. The number of hydrogen-bond acceptors (Lipinski definition) is 6. The van der Waals surface area contributed by atoms with Crippen LogP contribution in [0, 0.1) is 0 Å². The number of aromatic nitrogens is 3. The second kappa shape index (κ2) is 8.22. The third-order valence-electron chi connectivity index (χ3n) is 3.80. The van der Waals surface area contributed by atoms with Gasteiger partial charge in [0.15, 0.2) is 0 Å². The van der Waals surface area contributed by atoms with Gasteiger partial charge in [-0.3, -0.25) is 4.98 Å². The van der Waals surface area contributed by atoms with Crippen LogP contribution >= 0.6 is 0 Å². The van der Waals surface area contributed by atoms with Gasteiger partial charge in [0.25, 0.3) is 0 Å². The van der Waals surface area contributed by atoms with Crippen molar-refractivity contribution < 1.29 is 18.3 Å². The molecule has 3 N–H and O–H groups in total. The van der Waals surface area contributed by atoms with Crippen LogP contribution in [-0.4, -0.2) is 32.7 Å². The van der Waals surface area contributed by atoms with Gasteiger partial charge in [0.1, 0.15) is 5.82 Å². The smallest absolute Gasteiger partial charge is 0.394 e. The summed E-state index contributed by atoms with van der Waals surface area (Å²) in [7, 11) is 0. The molecule has 9 heteroatoms. The van der Waals surface area contributed by atoms with Crippen LogP contribution in [0.2, 0.25) is 0 Å². The van der Waals surface area contributed by atoms with E-state index in [0.717, 1.165) is 6.07 Å². The van der Waals surface area contributed by atoms with Crippen molar-refractivity contribution in [3.63, 3.8) is 0 Å². The summed E-state index contributed by atoms with van der Waals surface area (Å²) in [5, 5.41) is 14.9. The van der Waals surface area contributed by atoms with Gasteiger partial charge >= 0.3 is 6.18 Å². The molecule has 28 heavy (non-hydrogen) atoms. The second-order valence-electron chi connectivity index (χ2n) is 6.07. The normalized spacial score (nSPS) is 12.5. The largest absolute Gasteiger partial charge is 0.418 e. The summed E-state index contributed by atoms with van der Waals surface area (Å²) in [6.07, 6.45) is -2.92. The number of rotatable bonds is 6. The van der Waals surface area contributed by atoms with Gasteiger partial charge in [0.2, 0.25) is 5.95 Å². The van der Waals surface area contributed by atoms with Crippen LogP contribution in [0.15, 0.2) is 54.7 Å². The van der Waals surface area contributed by atoms with Gasteiger partial charge in [-0.15, -0.1) is 0 Å². The van der Waals surface area contributed by atoms with Gasteiger partial charge < -0.3 is 15.7 Å². The van der Waals surface area contributed by atoms with Gasteiger partial charge in [-0.2, -0.15) is 18.2 Å². The van der Waals surface area contributed by atoms with Crippen molar-refractivity contribution in [3.8, 4) is 11.4 Å². The first-order valence-corrected chi connectivity index (χ1v) is 8.48. The van der Waals surface area contributed by atoms with Gasteiger partial charge in [0.05, 0.1) is 29.2 Å². The SMILES string of the molecule is C[C@@H](CO)Nc1nc(Nc2ccccc2C(F)(F)F)cc(-c2ccccn2)n1. The first-order valence-electron chi connectivity index (χ1n) is 8.48. The van der Waals surface area contributed by atoms with E-state index >= 15 is 0 Å². The Morgan fingerprint density at radius 2 is 1.79 bits per heavy atom. The molecule has 1 aromatic carbocycles. The van der Waals surface area contributed by atoms with Crippen molar-refractivity contribution in [2.24, 2.45) is 0 Å². The lowest BCUT2D eigenvalue weighted by atomic mass is 10.1. The van der Waals surface area contributed by atoms with E-state index in [0.29, 0.717) is 11.4 Å². The van der Waals surface area contributed by atoms with Gasteiger partial charge in [-0.05, 0) is 31.2 Å². The molecule has 3 aromatic rings. The van der Waals surface area contributed by atoms with Gasteiger partial charge in [0, 0.05) is 18.3 Å². The van der Waals surface area contributed by atoms with Gasteiger partial charge in [-0.25, -0.2) is 4.98 Å². The molecule has 2 aromatic heterocycles. The molecule has 0 spiro atoms. The summed E-state index contributed by atoms with van der Waals surface area (Å²) in [5.74, 6) is 0.330. The molecule has 0 aliphatic heterocycles. The molecule has 0 saturated heterocycles. The number of aliphatic hydroxyl groups excluding tert-OH is 1. The molecule has 2 heterocycles. The maximum atomic E-state index is 13.3. The fraction of sp³-hybridized carbons (Fsp3) is 0.211. The third kappa shape index (κ3) is 4.74. The van der Waals surface area contributed by atoms with Crippen LogP contribution in [0.1, 0.15) is 12.5 Å². The molecule has 146 valence electrons. The van der Waals surface area contributed by atoms with Crippen molar-refractivity contribution in [2.45, 2.75) is 19.1 Å². The zero-order chi connectivity index (χ0) is 20.1. The summed E-state index contributed by atoms with van der Waals surface area (Å²) in [5.41, 5.74) is 0.0417. The fourth-order valence-corrected chi connectivity index (χ4v) is 2.46. The molecule has 6 nitrogen and oxygen atoms in total. The summed E-state index contributed by atoms with van der Waals surface area (Å²) >= 11 is 0. The fourth-order valence-electron chi connectivity index (χ4n) is 2.46. The Bertz CT molecular complexity index is 934. The molecule has 0 aliphatic rings. The minimum Gasteiger partial charge on any atom is -0.394 e. The first-order chi connectivity index (χ1) is 13.4. The Labute approximate surface area is 159 Å². The third-order valence-corrected chi connectivity index (χ3v) is 3.80. The van der Waals surface area contributed by atoms with E-state index < -0.39 is 11.7 Å². The highest BCUT2D eigenvalue weighted by Crippen LogP contribution is 2.36. The quantitative estimate of drug-likeness (QED) is 0.589. The molecule has 0 fully saturated rings. The van der Waals surface area contributed by atoms with Crippen molar-refractivity contribution in [3.05, 3.63) is 60.3 Å². The Balaban J connectivity index is 2.02. The molecule has 3 rings (SSSR count). The number of alkyl halides is 3. The number of halogens is 3. The standard InChI is InChI=1S/C19H18F3N5O/c1-12(11-28)24-18-26-16(15-8-4-5-9-23-15)10-17(27-18)25-14-7-3-2-6-13(14)19(20,21)22/h2-10,12,28H,11H2,1H3,(H2,24,25,26,27)/t12-/m0/s1. The number of pyridine rings is 1. The number of nitrogens with one attached hydrogen (secondary N) is 2. The summed E-state index contributed by atoms with van der Waals surface area (Å²) in [6.45, 7) is 1.57. The number of anilines is 3. The van der Waals surface area contributed by atoms with E-state index in [-0.39, 0.29) is 30.1 Å². The van der Waals surface area contributed by atoms with Crippen LogP contribution in [-0.2, 0) is 6.18 Å². The molecule has 0 bridgehead atoms. The van der Waals surface area contributed by atoms with Crippen molar-refractivity contribution >= 4 is 17.5 Å². The zero-order valence-corrected chi connectivity index (χ0v) is 14.9. The van der Waals surface area contributed by atoms with Crippen LogP contribution in [0.25, 0.3) is 11.4 Å². The molecular formula is C19H18F3N5O. The lowest BCUT2D eigenvalue weighted by Crippen LogP contribution is -2.21. The van der Waals surface area contributed by atoms with Crippen LogP contribution < -0.4 is 10.6 Å². The number of aliphatic hydroxyl groups is 1. The van der Waals surface area contributed by atoms with E-state index in [2.05, 4.69) is 25.6 Å². The number of para-hydroxylation sites is 1. The summed E-state index contributed by atoms with van der Waals surface area (Å²) in [4.78, 5) is 12.8. The van der Waals surface area contributed by atoms with Crippen molar-refractivity contribution in [1.82, 2.24) is 15.0 Å².